The fourth-order valence-corrected chi connectivity index (χ4v) is 1.78. The number of hydrogen-bond donors (Lipinski definition) is 2. The van der Waals surface area contributed by atoms with Crippen LogP contribution in [0.15, 0.2) is 18.2 Å². The van der Waals surface area contributed by atoms with Gasteiger partial charge in [-0.05, 0) is 30.0 Å². The normalized spacial score (nSPS) is 10.1. The first-order chi connectivity index (χ1) is 8.21. The van der Waals surface area contributed by atoms with E-state index in [2.05, 4.69) is 30.9 Å². The minimum absolute atomic E-state index is 0.0300. The summed E-state index contributed by atoms with van der Waals surface area (Å²) < 4.78 is 5.27. The maximum Gasteiger partial charge on any atom is 0.229 e. The molecule has 0 saturated heterocycles. The molecule has 0 radical (unpaired) electrons. The maximum atomic E-state index is 11.0. The molecule has 0 spiro atoms. The zero-order valence-electron chi connectivity index (χ0n) is 10.3. The van der Waals surface area contributed by atoms with Crippen molar-refractivity contribution >= 4 is 18.5 Å². The molecule has 1 rings (SSSR count). The Labute approximate surface area is 108 Å². The molecule has 0 unspecified atom stereocenters. The fourth-order valence-electron chi connectivity index (χ4n) is 1.67. The molecule has 0 heterocycles. The molecule has 3 nitrogen and oxygen atoms in total. The van der Waals surface area contributed by atoms with Gasteiger partial charge in [-0.2, -0.15) is 12.6 Å². The first kappa shape index (κ1) is 13.9. The van der Waals surface area contributed by atoms with Crippen molar-refractivity contribution in [1.82, 2.24) is 5.32 Å². The molecule has 4 heteroatoms. The molecular weight excluding hydrogens is 234 g/mol. The summed E-state index contributed by atoms with van der Waals surface area (Å²) in [4.78, 5) is 11.0. The van der Waals surface area contributed by atoms with Gasteiger partial charge in [-0.3, -0.25) is 4.79 Å². The Hall–Kier alpha value is -1.16. The minimum atomic E-state index is -0.0300. The van der Waals surface area contributed by atoms with Crippen LogP contribution in [0.2, 0.25) is 0 Å². The van der Waals surface area contributed by atoms with Crippen molar-refractivity contribution in [2.24, 2.45) is 0 Å². The number of amides is 1. The van der Waals surface area contributed by atoms with E-state index in [0.717, 1.165) is 18.6 Å². The van der Waals surface area contributed by atoms with Crippen LogP contribution in [0.3, 0.4) is 0 Å². The quantitative estimate of drug-likeness (QED) is 0.759. The molecule has 17 heavy (non-hydrogen) atoms. The van der Waals surface area contributed by atoms with Crippen molar-refractivity contribution in [3.63, 3.8) is 0 Å². The van der Waals surface area contributed by atoms with Crippen molar-refractivity contribution in [3.05, 3.63) is 29.3 Å². The first-order valence-corrected chi connectivity index (χ1v) is 6.37. The van der Waals surface area contributed by atoms with Crippen LogP contribution in [-0.2, 0) is 17.6 Å². The number of carbonyl (C=O) groups excluding carboxylic acids is 1. The lowest BCUT2D eigenvalue weighted by molar-refractivity contribution is -0.118. The predicted octanol–water partition coefficient (Wildman–Crippen LogP) is 1.85. The monoisotopic (exact) mass is 253 g/mol. The SMILES string of the molecule is CCc1cc(CCNC(=O)CS)ccc1OC. The molecule has 0 aliphatic carbocycles. The zero-order valence-corrected chi connectivity index (χ0v) is 11.2. The topological polar surface area (TPSA) is 38.3 Å². The third-order valence-corrected chi connectivity index (χ3v) is 2.89. The molecule has 94 valence electrons. The van der Waals surface area contributed by atoms with Crippen molar-refractivity contribution in [2.75, 3.05) is 19.4 Å². The van der Waals surface area contributed by atoms with Gasteiger partial charge in [0, 0.05) is 6.54 Å². The molecule has 0 fully saturated rings. The van der Waals surface area contributed by atoms with Crippen molar-refractivity contribution in [1.29, 1.82) is 0 Å². The summed E-state index contributed by atoms with van der Waals surface area (Å²) in [5.41, 5.74) is 2.41. The second-order valence-electron chi connectivity index (χ2n) is 3.76. The zero-order chi connectivity index (χ0) is 12.7. The van der Waals surface area contributed by atoms with Gasteiger partial charge in [0.2, 0.25) is 5.91 Å². The highest BCUT2D eigenvalue weighted by Crippen LogP contribution is 2.20. The van der Waals surface area contributed by atoms with Gasteiger partial charge in [0.15, 0.2) is 0 Å². The van der Waals surface area contributed by atoms with E-state index in [1.807, 2.05) is 12.1 Å². The molecule has 1 aromatic rings. The van der Waals surface area contributed by atoms with Crippen LogP contribution < -0.4 is 10.1 Å². The largest absolute Gasteiger partial charge is 0.496 e. The number of aryl methyl sites for hydroxylation is 1. The number of methoxy groups -OCH3 is 1. The third kappa shape index (κ3) is 4.30. The Bertz CT molecular complexity index is 380. The van der Waals surface area contributed by atoms with E-state index in [4.69, 9.17) is 4.74 Å². The molecule has 0 aliphatic rings. The average molecular weight is 253 g/mol. The number of nitrogens with one attached hydrogen (secondary N) is 1. The minimum Gasteiger partial charge on any atom is -0.496 e. The molecule has 0 bridgehead atoms. The van der Waals surface area contributed by atoms with Crippen molar-refractivity contribution in [2.45, 2.75) is 19.8 Å². The Balaban J connectivity index is 2.57. The second kappa shape index (κ2) is 7.22. The van der Waals surface area contributed by atoms with Crippen LogP contribution in [0.1, 0.15) is 18.1 Å². The van der Waals surface area contributed by atoms with E-state index < -0.39 is 0 Å². The Morgan fingerprint density at radius 3 is 2.82 bits per heavy atom. The van der Waals surface area contributed by atoms with E-state index >= 15 is 0 Å². The second-order valence-corrected chi connectivity index (χ2v) is 4.07. The van der Waals surface area contributed by atoms with Crippen LogP contribution in [0, 0.1) is 0 Å². The van der Waals surface area contributed by atoms with Gasteiger partial charge in [0.05, 0.1) is 12.9 Å². The smallest absolute Gasteiger partial charge is 0.229 e. The van der Waals surface area contributed by atoms with Crippen LogP contribution in [0.5, 0.6) is 5.75 Å². The number of benzene rings is 1. The van der Waals surface area contributed by atoms with Gasteiger partial charge >= 0.3 is 0 Å². The molecule has 0 aromatic heterocycles. The highest BCUT2D eigenvalue weighted by molar-refractivity contribution is 7.81. The van der Waals surface area contributed by atoms with Crippen LogP contribution in [-0.4, -0.2) is 25.3 Å². The molecule has 1 aromatic carbocycles. The number of thiol groups is 1. The summed E-state index contributed by atoms with van der Waals surface area (Å²) in [5.74, 6) is 1.14. The van der Waals surface area contributed by atoms with E-state index in [0.29, 0.717) is 6.54 Å². The standard InChI is InChI=1S/C13H19NO2S/c1-3-11-8-10(4-5-12(11)16-2)6-7-14-13(15)9-17/h4-5,8,17H,3,6-7,9H2,1-2H3,(H,14,15). The highest BCUT2D eigenvalue weighted by atomic mass is 32.1. The summed E-state index contributed by atoms with van der Waals surface area (Å²) in [6.07, 6.45) is 1.77. The predicted molar refractivity (Wildman–Crippen MR) is 72.9 cm³/mol. The fraction of sp³-hybridized carbons (Fsp3) is 0.462. The van der Waals surface area contributed by atoms with Gasteiger partial charge < -0.3 is 10.1 Å². The van der Waals surface area contributed by atoms with E-state index in [9.17, 15) is 4.79 Å². The summed E-state index contributed by atoms with van der Waals surface area (Å²) in [5, 5.41) is 2.80. The highest BCUT2D eigenvalue weighted by Gasteiger charge is 2.03. The lowest BCUT2D eigenvalue weighted by Gasteiger charge is -2.09. The molecule has 0 aliphatic heterocycles. The van der Waals surface area contributed by atoms with Crippen LogP contribution >= 0.6 is 12.6 Å². The molecule has 1 N–H and O–H groups in total. The van der Waals surface area contributed by atoms with E-state index in [-0.39, 0.29) is 11.7 Å². The molecule has 1 amide bonds. The summed E-state index contributed by atoms with van der Waals surface area (Å²) in [6, 6.07) is 6.14. The summed E-state index contributed by atoms with van der Waals surface area (Å²) in [6.45, 7) is 2.75. The number of rotatable bonds is 6. The van der Waals surface area contributed by atoms with E-state index in [1.165, 1.54) is 11.1 Å². The lowest BCUT2D eigenvalue weighted by Crippen LogP contribution is -2.26. The van der Waals surface area contributed by atoms with Crippen LogP contribution in [0.4, 0.5) is 0 Å². The number of ether oxygens (including phenoxy) is 1. The summed E-state index contributed by atoms with van der Waals surface area (Å²) in [7, 11) is 1.68. The van der Waals surface area contributed by atoms with Gasteiger partial charge in [-0.1, -0.05) is 19.1 Å². The lowest BCUT2D eigenvalue weighted by atomic mass is 10.1. The molecule has 0 atom stereocenters. The van der Waals surface area contributed by atoms with E-state index in [1.54, 1.807) is 7.11 Å². The molecule has 0 saturated carbocycles. The molecular formula is C13H19NO2S. The van der Waals surface area contributed by atoms with Crippen molar-refractivity contribution in [3.8, 4) is 5.75 Å². The summed E-state index contributed by atoms with van der Waals surface area (Å²) >= 11 is 3.90. The van der Waals surface area contributed by atoms with Gasteiger partial charge in [0.25, 0.3) is 0 Å². The number of hydrogen-bond acceptors (Lipinski definition) is 3. The van der Waals surface area contributed by atoms with Gasteiger partial charge in [0.1, 0.15) is 5.75 Å². The Kier molecular flexibility index (Phi) is 5.91. The average Bonchev–Trinajstić information content (AvgIpc) is 2.38. The first-order valence-electron chi connectivity index (χ1n) is 5.74. The Morgan fingerprint density at radius 2 is 2.24 bits per heavy atom. The van der Waals surface area contributed by atoms with Crippen LogP contribution in [0.25, 0.3) is 0 Å². The maximum absolute atomic E-state index is 11.0. The number of carbonyl (C=O) groups is 1. The van der Waals surface area contributed by atoms with Gasteiger partial charge in [-0.25, -0.2) is 0 Å². The Morgan fingerprint density at radius 1 is 1.47 bits per heavy atom. The van der Waals surface area contributed by atoms with Gasteiger partial charge in [-0.15, -0.1) is 0 Å². The van der Waals surface area contributed by atoms with Crippen molar-refractivity contribution < 1.29 is 9.53 Å². The third-order valence-electron chi connectivity index (χ3n) is 2.61.